The van der Waals surface area contributed by atoms with Gasteiger partial charge in [0, 0.05) is 27.7 Å². The maximum Gasteiger partial charge on any atom is 0.266 e. The van der Waals surface area contributed by atoms with Crippen molar-refractivity contribution in [1.82, 2.24) is 4.90 Å². The fourth-order valence-electron chi connectivity index (χ4n) is 2.95. The van der Waals surface area contributed by atoms with Gasteiger partial charge in [-0.1, -0.05) is 18.5 Å². The number of halogens is 1. The first-order chi connectivity index (χ1) is 9.97. The molecule has 1 aliphatic rings. The Bertz CT molecular complexity index is 697. The molecule has 2 N–H and O–H groups in total. The Morgan fingerprint density at radius 2 is 2.14 bits per heavy atom. The van der Waals surface area contributed by atoms with Gasteiger partial charge in [-0.15, -0.1) is 11.3 Å². The third kappa shape index (κ3) is 2.62. The van der Waals surface area contributed by atoms with Crippen LogP contribution in [-0.4, -0.2) is 23.4 Å². The summed E-state index contributed by atoms with van der Waals surface area (Å²) >= 11 is 7.49. The fraction of sp³-hybridized carbons (Fsp3) is 0.438. The molecule has 0 spiro atoms. The minimum absolute atomic E-state index is 0.0591. The van der Waals surface area contributed by atoms with E-state index in [1.807, 2.05) is 23.1 Å². The van der Waals surface area contributed by atoms with Gasteiger partial charge >= 0.3 is 0 Å². The maximum absolute atomic E-state index is 12.9. The third-order valence-electron chi connectivity index (χ3n) is 4.26. The van der Waals surface area contributed by atoms with Crippen molar-refractivity contribution in [1.29, 1.82) is 0 Å². The maximum atomic E-state index is 12.9. The first-order valence-electron chi connectivity index (χ1n) is 7.26. The number of carbonyl (C=O) groups excluding carboxylic acids is 1. The van der Waals surface area contributed by atoms with E-state index in [0.717, 1.165) is 23.1 Å². The number of nitrogens with zero attached hydrogens (tertiary/aromatic N) is 1. The molecular weight excluding hydrogens is 304 g/mol. The van der Waals surface area contributed by atoms with E-state index in [-0.39, 0.29) is 11.9 Å². The van der Waals surface area contributed by atoms with Crippen LogP contribution in [0.25, 0.3) is 10.1 Å². The second-order valence-corrected chi connectivity index (χ2v) is 7.46. The normalized spacial score (nSPS) is 22.7. The van der Waals surface area contributed by atoms with E-state index in [0.29, 0.717) is 21.5 Å². The number of likely N-dealkylation sites (tertiary alicyclic amines) is 1. The summed E-state index contributed by atoms with van der Waals surface area (Å²) in [7, 11) is 0. The van der Waals surface area contributed by atoms with Crippen molar-refractivity contribution in [2.75, 3.05) is 12.3 Å². The van der Waals surface area contributed by atoms with Crippen LogP contribution in [0.4, 0.5) is 5.69 Å². The molecule has 0 bridgehead atoms. The van der Waals surface area contributed by atoms with E-state index in [1.165, 1.54) is 17.8 Å². The number of nitrogen functional groups attached to an aromatic ring is 1. The number of anilines is 1. The number of hydrogen-bond acceptors (Lipinski definition) is 3. The molecule has 1 aromatic carbocycles. The van der Waals surface area contributed by atoms with E-state index in [2.05, 4.69) is 13.8 Å². The second kappa shape index (κ2) is 5.50. The predicted molar refractivity (Wildman–Crippen MR) is 90.1 cm³/mol. The van der Waals surface area contributed by atoms with Crippen LogP contribution in [0.1, 0.15) is 36.4 Å². The van der Waals surface area contributed by atoms with Gasteiger partial charge < -0.3 is 10.6 Å². The highest BCUT2D eigenvalue weighted by atomic mass is 35.5. The minimum atomic E-state index is 0.0591. The SMILES string of the molecule is CC1CCC(C)N(C(=O)c2sc3ccc(Cl)cc3c2N)C1. The van der Waals surface area contributed by atoms with Gasteiger partial charge in [0.2, 0.25) is 0 Å². The summed E-state index contributed by atoms with van der Waals surface area (Å²) in [5.41, 5.74) is 6.76. The molecule has 0 aliphatic carbocycles. The summed E-state index contributed by atoms with van der Waals surface area (Å²) in [6, 6.07) is 5.88. The van der Waals surface area contributed by atoms with Crippen molar-refractivity contribution in [3.63, 3.8) is 0 Å². The van der Waals surface area contributed by atoms with Gasteiger partial charge in [0.15, 0.2) is 0 Å². The topological polar surface area (TPSA) is 46.3 Å². The lowest BCUT2D eigenvalue weighted by Crippen LogP contribution is -2.44. The number of benzene rings is 1. The molecule has 2 aromatic rings. The first kappa shape index (κ1) is 14.7. The van der Waals surface area contributed by atoms with E-state index >= 15 is 0 Å². The highest BCUT2D eigenvalue weighted by Gasteiger charge is 2.30. The van der Waals surface area contributed by atoms with Crippen LogP contribution in [0.15, 0.2) is 18.2 Å². The Kier molecular flexibility index (Phi) is 3.84. The highest BCUT2D eigenvalue weighted by Crippen LogP contribution is 2.37. The van der Waals surface area contributed by atoms with Crippen LogP contribution in [0.5, 0.6) is 0 Å². The van der Waals surface area contributed by atoms with Crippen molar-refractivity contribution in [3.05, 3.63) is 28.1 Å². The van der Waals surface area contributed by atoms with Crippen molar-refractivity contribution >= 4 is 44.6 Å². The number of nitrogens with two attached hydrogens (primary N) is 1. The average Bonchev–Trinajstić information content (AvgIpc) is 2.78. The number of thiophene rings is 1. The van der Waals surface area contributed by atoms with Crippen molar-refractivity contribution < 1.29 is 4.79 Å². The number of piperidine rings is 1. The predicted octanol–water partition coefficient (Wildman–Crippen LogP) is 4.40. The zero-order valence-electron chi connectivity index (χ0n) is 12.2. The smallest absolute Gasteiger partial charge is 0.266 e. The minimum Gasteiger partial charge on any atom is -0.397 e. The second-order valence-electron chi connectivity index (χ2n) is 5.97. The fourth-order valence-corrected chi connectivity index (χ4v) is 4.18. The molecule has 21 heavy (non-hydrogen) atoms. The van der Waals surface area contributed by atoms with Crippen LogP contribution >= 0.6 is 22.9 Å². The lowest BCUT2D eigenvalue weighted by molar-refractivity contribution is 0.0580. The Morgan fingerprint density at radius 1 is 1.38 bits per heavy atom. The summed E-state index contributed by atoms with van der Waals surface area (Å²) < 4.78 is 1.01. The molecule has 0 saturated carbocycles. The van der Waals surface area contributed by atoms with Crippen LogP contribution in [0, 0.1) is 5.92 Å². The summed E-state index contributed by atoms with van der Waals surface area (Å²) in [6.07, 6.45) is 2.24. The molecule has 3 rings (SSSR count). The largest absolute Gasteiger partial charge is 0.397 e. The summed E-state index contributed by atoms with van der Waals surface area (Å²) in [6.45, 7) is 5.12. The molecule has 2 atom stereocenters. The van der Waals surface area contributed by atoms with Crippen molar-refractivity contribution in [3.8, 4) is 0 Å². The van der Waals surface area contributed by atoms with Crippen molar-refractivity contribution in [2.45, 2.75) is 32.7 Å². The Labute approximate surface area is 133 Å². The van der Waals surface area contributed by atoms with E-state index in [9.17, 15) is 4.79 Å². The number of hydrogen-bond donors (Lipinski definition) is 1. The Morgan fingerprint density at radius 3 is 2.90 bits per heavy atom. The molecule has 1 aliphatic heterocycles. The Hall–Kier alpha value is -1.26. The average molecular weight is 323 g/mol. The molecule has 112 valence electrons. The highest BCUT2D eigenvalue weighted by molar-refractivity contribution is 7.21. The van der Waals surface area contributed by atoms with E-state index in [4.69, 9.17) is 17.3 Å². The van der Waals surface area contributed by atoms with Crippen LogP contribution < -0.4 is 5.73 Å². The molecule has 2 unspecified atom stereocenters. The van der Waals surface area contributed by atoms with Crippen molar-refractivity contribution in [2.24, 2.45) is 5.92 Å². The first-order valence-corrected chi connectivity index (χ1v) is 8.45. The van der Waals surface area contributed by atoms with Gasteiger partial charge in [0.05, 0.1) is 5.69 Å². The third-order valence-corrected chi connectivity index (χ3v) is 5.67. The number of rotatable bonds is 1. The summed E-state index contributed by atoms with van der Waals surface area (Å²) in [5.74, 6) is 0.610. The number of fused-ring (bicyclic) bond motifs is 1. The molecule has 1 fully saturated rings. The molecule has 0 radical (unpaired) electrons. The number of amides is 1. The van der Waals surface area contributed by atoms with Gasteiger partial charge in [0.1, 0.15) is 4.88 Å². The van der Waals surface area contributed by atoms with Gasteiger partial charge in [-0.25, -0.2) is 0 Å². The lowest BCUT2D eigenvalue weighted by atomic mass is 9.95. The van der Waals surface area contributed by atoms with Gasteiger partial charge in [0.25, 0.3) is 5.91 Å². The van der Waals surface area contributed by atoms with Gasteiger partial charge in [-0.3, -0.25) is 4.79 Å². The van der Waals surface area contributed by atoms with Gasteiger partial charge in [-0.2, -0.15) is 0 Å². The summed E-state index contributed by atoms with van der Waals surface area (Å²) in [4.78, 5) is 15.5. The standard InChI is InChI=1S/C16H19ClN2OS/c1-9-3-4-10(2)19(8-9)16(20)15-14(18)12-7-11(17)5-6-13(12)21-15/h5-7,9-10H,3-4,8,18H2,1-2H3. The zero-order valence-corrected chi connectivity index (χ0v) is 13.8. The van der Waals surface area contributed by atoms with E-state index in [1.54, 1.807) is 0 Å². The molecule has 1 aromatic heterocycles. The lowest BCUT2D eigenvalue weighted by Gasteiger charge is -2.36. The molecule has 3 nitrogen and oxygen atoms in total. The quantitative estimate of drug-likeness (QED) is 0.846. The molecular formula is C16H19ClN2OS. The van der Waals surface area contributed by atoms with Crippen LogP contribution in [-0.2, 0) is 0 Å². The van der Waals surface area contributed by atoms with Gasteiger partial charge in [-0.05, 0) is 43.9 Å². The molecule has 1 saturated heterocycles. The Balaban J connectivity index is 1.99. The number of carbonyl (C=O) groups is 1. The monoisotopic (exact) mass is 322 g/mol. The molecule has 1 amide bonds. The summed E-state index contributed by atoms with van der Waals surface area (Å²) in [5, 5.41) is 1.53. The van der Waals surface area contributed by atoms with Crippen LogP contribution in [0.3, 0.4) is 0 Å². The zero-order chi connectivity index (χ0) is 15.1. The molecule has 2 heterocycles. The van der Waals surface area contributed by atoms with Crippen LogP contribution in [0.2, 0.25) is 5.02 Å². The van der Waals surface area contributed by atoms with E-state index < -0.39 is 0 Å². The molecule has 5 heteroatoms.